The molecule has 0 unspecified atom stereocenters. The van der Waals surface area contributed by atoms with Crippen molar-refractivity contribution in [3.05, 3.63) is 42.0 Å². The molecule has 1 N–H and O–H groups in total. The highest BCUT2D eigenvalue weighted by Gasteiger charge is 2.20. The molecular formula is C15H13N3O3S2. The highest BCUT2D eigenvalue weighted by Crippen LogP contribution is 2.36. The summed E-state index contributed by atoms with van der Waals surface area (Å²) in [6.45, 7) is 1.65. The Morgan fingerprint density at radius 1 is 1.13 bits per heavy atom. The van der Waals surface area contributed by atoms with Gasteiger partial charge in [0.25, 0.3) is 10.1 Å². The third-order valence-corrected chi connectivity index (χ3v) is 5.61. The molecule has 0 saturated carbocycles. The van der Waals surface area contributed by atoms with Crippen LogP contribution in [0, 0.1) is 6.92 Å². The summed E-state index contributed by atoms with van der Waals surface area (Å²) in [5.41, 5.74) is 2.61. The molecule has 0 aliphatic rings. The Labute approximate surface area is 137 Å². The van der Waals surface area contributed by atoms with Gasteiger partial charge in [0.05, 0.1) is 15.9 Å². The normalized spacial score (nSPS) is 12.3. The van der Waals surface area contributed by atoms with Crippen molar-refractivity contribution in [2.75, 3.05) is 7.05 Å². The van der Waals surface area contributed by atoms with E-state index in [9.17, 15) is 13.0 Å². The van der Waals surface area contributed by atoms with Gasteiger partial charge in [-0.15, -0.1) is 11.3 Å². The van der Waals surface area contributed by atoms with Gasteiger partial charge in [0.2, 0.25) is 0 Å². The summed E-state index contributed by atoms with van der Waals surface area (Å²) in [4.78, 5) is 4.39. The molecular weight excluding hydrogens is 334 g/mol. The number of benzene rings is 2. The third kappa shape index (κ3) is 3.00. The molecule has 1 heterocycles. The summed E-state index contributed by atoms with van der Waals surface area (Å²) in [7, 11) is -2.70. The molecule has 3 rings (SSSR count). The van der Waals surface area contributed by atoms with Gasteiger partial charge in [-0.1, -0.05) is 6.07 Å². The summed E-state index contributed by atoms with van der Waals surface area (Å²) in [5.74, 6) is 0. The van der Waals surface area contributed by atoms with Crippen LogP contribution < -0.4 is 0 Å². The van der Waals surface area contributed by atoms with Gasteiger partial charge in [-0.05, 0) is 42.8 Å². The van der Waals surface area contributed by atoms with Crippen LogP contribution in [-0.2, 0) is 10.1 Å². The first-order chi connectivity index (χ1) is 10.9. The highest BCUT2D eigenvalue weighted by molar-refractivity contribution is 7.86. The molecule has 0 aliphatic carbocycles. The average Bonchev–Trinajstić information content (AvgIpc) is 2.90. The molecule has 118 valence electrons. The van der Waals surface area contributed by atoms with E-state index in [4.69, 9.17) is 0 Å². The Kier molecular flexibility index (Phi) is 3.97. The molecule has 0 radical (unpaired) electrons. The van der Waals surface area contributed by atoms with Crippen molar-refractivity contribution in [3.8, 4) is 10.6 Å². The van der Waals surface area contributed by atoms with Crippen molar-refractivity contribution in [3.63, 3.8) is 0 Å². The minimum absolute atomic E-state index is 0.0739. The smallest absolute Gasteiger partial charge is 0.282 e. The van der Waals surface area contributed by atoms with Gasteiger partial charge in [0.1, 0.15) is 9.90 Å². The summed E-state index contributed by atoms with van der Waals surface area (Å²) in [6, 6.07) is 10.7. The molecule has 1 aromatic heterocycles. The molecule has 0 saturated heterocycles. The van der Waals surface area contributed by atoms with Crippen molar-refractivity contribution < 1.29 is 13.0 Å². The van der Waals surface area contributed by atoms with E-state index in [1.807, 2.05) is 24.3 Å². The molecule has 3 aromatic rings. The maximum atomic E-state index is 11.6. The summed E-state index contributed by atoms with van der Waals surface area (Å²) < 4.78 is 33.2. The minimum Gasteiger partial charge on any atom is -0.282 e. The molecule has 0 amide bonds. The van der Waals surface area contributed by atoms with Gasteiger partial charge >= 0.3 is 0 Å². The van der Waals surface area contributed by atoms with E-state index in [-0.39, 0.29) is 4.90 Å². The molecule has 0 fully saturated rings. The van der Waals surface area contributed by atoms with E-state index in [0.717, 1.165) is 11.3 Å². The van der Waals surface area contributed by atoms with Crippen molar-refractivity contribution in [2.45, 2.75) is 11.8 Å². The van der Waals surface area contributed by atoms with Gasteiger partial charge < -0.3 is 0 Å². The third-order valence-electron chi connectivity index (χ3n) is 3.30. The highest BCUT2D eigenvalue weighted by atomic mass is 32.2. The monoisotopic (exact) mass is 347 g/mol. The Morgan fingerprint density at radius 3 is 2.43 bits per heavy atom. The quantitative estimate of drug-likeness (QED) is 0.567. The Balaban J connectivity index is 2.17. The molecule has 8 heteroatoms. The molecule has 2 aromatic carbocycles. The Morgan fingerprint density at radius 2 is 1.83 bits per heavy atom. The molecule has 0 spiro atoms. The number of aromatic nitrogens is 1. The Hall–Kier alpha value is -2.16. The fraction of sp³-hybridized carbons (Fsp3) is 0.133. The first-order valence-corrected chi connectivity index (χ1v) is 8.93. The van der Waals surface area contributed by atoms with Crippen LogP contribution in [0.1, 0.15) is 5.56 Å². The number of azo groups is 1. The maximum absolute atomic E-state index is 11.6. The van der Waals surface area contributed by atoms with Crippen LogP contribution in [0.25, 0.3) is 20.8 Å². The van der Waals surface area contributed by atoms with Crippen LogP contribution >= 0.6 is 11.3 Å². The zero-order valence-electron chi connectivity index (χ0n) is 12.4. The molecule has 0 aliphatic heterocycles. The number of hydrogen-bond acceptors (Lipinski definition) is 6. The van der Waals surface area contributed by atoms with Crippen LogP contribution in [0.3, 0.4) is 0 Å². The van der Waals surface area contributed by atoms with E-state index >= 15 is 0 Å². The molecule has 0 atom stereocenters. The Bertz CT molecular complexity index is 1010. The molecule has 6 nitrogen and oxygen atoms in total. The van der Waals surface area contributed by atoms with Crippen LogP contribution in [-0.4, -0.2) is 25.0 Å². The van der Waals surface area contributed by atoms with E-state index < -0.39 is 10.1 Å². The van der Waals surface area contributed by atoms with E-state index in [2.05, 4.69) is 15.2 Å². The lowest BCUT2D eigenvalue weighted by Gasteiger charge is -2.02. The predicted molar refractivity (Wildman–Crippen MR) is 90.0 cm³/mol. The minimum atomic E-state index is -4.30. The SMILES string of the molecule is CN=Nc1ccc(-c2nc3ccc(C)c(S(=O)(=O)O)c3s2)cc1. The van der Waals surface area contributed by atoms with E-state index in [1.165, 1.54) is 11.3 Å². The van der Waals surface area contributed by atoms with Gasteiger partial charge in [-0.3, -0.25) is 4.55 Å². The second kappa shape index (κ2) is 5.80. The van der Waals surface area contributed by atoms with Crippen LogP contribution in [0.15, 0.2) is 51.5 Å². The molecule has 23 heavy (non-hydrogen) atoms. The number of aryl methyl sites for hydroxylation is 1. The summed E-state index contributed by atoms with van der Waals surface area (Å²) in [5, 5.41) is 8.32. The van der Waals surface area contributed by atoms with Crippen LogP contribution in [0.5, 0.6) is 0 Å². The maximum Gasteiger partial charge on any atom is 0.296 e. The average molecular weight is 347 g/mol. The summed E-state index contributed by atoms with van der Waals surface area (Å²) in [6.07, 6.45) is 0. The summed E-state index contributed by atoms with van der Waals surface area (Å²) >= 11 is 1.23. The van der Waals surface area contributed by atoms with E-state index in [1.54, 1.807) is 26.1 Å². The zero-order chi connectivity index (χ0) is 16.6. The van der Waals surface area contributed by atoms with Gasteiger partial charge in [-0.2, -0.15) is 18.6 Å². The van der Waals surface area contributed by atoms with Crippen molar-refractivity contribution in [1.82, 2.24) is 4.98 Å². The van der Waals surface area contributed by atoms with Gasteiger partial charge in [0, 0.05) is 12.6 Å². The van der Waals surface area contributed by atoms with Gasteiger partial charge in [0.15, 0.2) is 0 Å². The second-order valence-electron chi connectivity index (χ2n) is 4.90. The zero-order valence-corrected chi connectivity index (χ0v) is 14.0. The second-order valence-corrected chi connectivity index (χ2v) is 7.26. The lowest BCUT2D eigenvalue weighted by atomic mass is 10.2. The van der Waals surface area contributed by atoms with Crippen LogP contribution in [0.2, 0.25) is 0 Å². The predicted octanol–water partition coefficient (Wildman–Crippen LogP) is 4.23. The van der Waals surface area contributed by atoms with Crippen molar-refractivity contribution in [1.29, 1.82) is 0 Å². The number of rotatable bonds is 3. The number of nitrogens with zero attached hydrogens (tertiary/aromatic N) is 3. The lowest BCUT2D eigenvalue weighted by Crippen LogP contribution is -2.00. The molecule has 0 bridgehead atoms. The standard InChI is InChI=1S/C15H13N3O3S2/c1-9-3-8-12-13(14(9)23(19,20)21)22-15(17-12)10-4-6-11(7-5-10)18-16-2/h3-8H,1-2H3,(H,19,20,21). The van der Waals surface area contributed by atoms with E-state index in [0.29, 0.717) is 20.8 Å². The largest absolute Gasteiger partial charge is 0.296 e. The lowest BCUT2D eigenvalue weighted by molar-refractivity contribution is 0.484. The first kappa shape index (κ1) is 15.7. The number of thiazole rings is 1. The van der Waals surface area contributed by atoms with Gasteiger partial charge in [-0.25, -0.2) is 4.98 Å². The fourth-order valence-corrected chi connectivity index (χ4v) is 4.61. The van der Waals surface area contributed by atoms with Crippen molar-refractivity contribution in [2.24, 2.45) is 10.2 Å². The van der Waals surface area contributed by atoms with Crippen molar-refractivity contribution >= 4 is 37.4 Å². The number of fused-ring (bicyclic) bond motifs is 1. The first-order valence-electron chi connectivity index (χ1n) is 6.68. The topological polar surface area (TPSA) is 92.0 Å². The fourth-order valence-electron chi connectivity index (χ4n) is 2.30. The number of hydrogen-bond donors (Lipinski definition) is 1. The van der Waals surface area contributed by atoms with Crippen LogP contribution in [0.4, 0.5) is 5.69 Å².